The van der Waals surface area contributed by atoms with Crippen molar-refractivity contribution in [1.29, 1.82) is 5.41 Å². The van der Waals surface area contributed by atoms with Gasteiger partial charge in [0.1, 0.15) is 0 Å². The van der Waals surface area contributed by atoms with Gasteiger partial charge in [-0.05, 0) is 69.6 Å². The molecule has 3 rings (SSSR count). The molecule has 0 bridgehead atoms. The van der Waals surface area contributed by atoms with Gasteiger partial charge in [-0.15, -0.1) is 0 Å². The van der Waals surface area contributed by atoms with Crippen molar-refractivity contribution in [3.8, 4) is 0 Å². The molecule has 144 valence electrons. The number of nitrogens with two attached hydrogens (primary N) is 1. The summed E-state index contributed by atoms with van der Waals surface area (Å²) < 4.78 is 0. The Morgan fingerprint density at radius 1 is 1.12 bits per heavy atom. The smallest absolute Gasteiger partial charge is 0.307 e. The predicted molar refractivity (Wildman–Crippen MR) is 99.7 cm³/mol. The molecule has 6 heteroatoms. The summed E-state index contributed by atoms with van der Waals surface area (Å²) in [6, 6.07) is 0.253. The summed E-state index contributed by atoms with van der Waals surface area (Å²) in [5.41, 5.74) is 6.65. The van der Waals surface area contributed by atoms with E-state index in [0.717, 1.165) is 63.4 Å². The molecule has 26 heavy (non-hydrogen) atoms. The van der Waals surface area contributed by atoms with Crippen LogP contribution in [0.3, 0.4) is 0 Å². The Morgan fingerprint density at radius 2 is 1.81 bits per heavy atom. The molecule has 0 aromatic rings. The quantitative estimate of drug-likeness (QED) is 0.342. The van der Waals surface area contributed by atoms with Crippen molar-refractivity contribution in [2.75, 3.05) is 0 Å². The Hall–Kier alpha value is -1.85. The van der Waals surface area contributed by atoms with Crippen LogP contribution in [-0.4, -0.2) is 28.9 Å². The van der Waals surface area contributed by atoms with E-state index in [1.165, 1.54) is 0 Å². The van der Waals surface area contributed by atoms with Gasteiger partial charge in [-0.2, -0.15) is 0 Å². The van der Waals surface area contributed by atoms with Crippen molar-refractivity contribution in [3.05, 3.63) is 11.6 Å². The third kappa shape index (κ3) is 4.65. The number of hydrogen-bond acceptors (Lipinski definition) is 3. The number of hydrogen-bond donors (Lipinski definition) is 4. The zero-order valence-electron chi connectivity index (χ0n) is 15.4. The third-order valence-corrected chi connectivity index (χ3v) is 6.59. The van der Waals surface area contributed by atoms with Crippen molar-refractivity contribution in [2.24, 2.45) is 29.4 Å². The van der Waals surface area contributed by atoms with E-state index in [0.29, 0.717) is 11.8 Å². The van der Waals surface area contributed by atoms with Gasteiger partial charge >= 0.3 is 5.97 Å². The highest BCUT2D eigenvalue weighted by atomic mass is 16.4. The first-order valence-corrected chi connectivity index (χ1v) is 9.98. The summed E-state index contributed by atoms with van der Waals surface area (Å²) in [4.78, 5) is 23.5. The molecule has 5 N–H and O–H groups in total. The van der Waals surface area contributed by atoms with Crippen LogP contribution in [0.15, 0.2) is 11.6 Å². The van der Waals surface area contributed by atoms with Gasteiger partial charge in [0.15, 0.2) is 0 Å². The second kappa shape index (κ2) is 8.23. The van der Waals surface area contributed by atoms with E-state index in [4.69, 9.17) is 16.2 Å². The van der Waals surface area contributed by atoms with Crippen LogP contribution in [0.4, 0.5) is 0 Å². The van der Waals surface area contributed by atoms with Crippen molar-refractivity contribution < 1.29 is 14.7 Å². The maximum atomic E-state index is 12.6. The Kier molecular flexibility index (Phi) is 5.99. The molecule has 0 saturated heterocycles. The highest BCUT2D eigenvalue weighted by Gasteiger charge is 2.34. The summed E-state index contributed by atoms with van der Waals surface area (Å²) in [5, 5.41) is 19.8. The zero-order valence-corrected chi connectivity index (χ0v) is 15.4. The number of carbonyl (C=O) groups excluding carboxylic acids is 1. The molecule has 2 saturated carbocycles. The maximum Gasteiger partial charge on any atom is 0.307 e. The number of rotatable bonds is 5. The van der Waals surface area contributed by atoms with Gasteiger partial charge in [0, 0.05) is 17.9 Å². The first-order chi connectivity index (χ1) is 12.4. The van der Waals surface area contributed by atoms with Crippen LogP contribution in [0, 0.1) is 29.1 Å². The van der Waals surface area contributed by atoms with Crippen molar-refractivity contribution >= 4 is 17.7 Å². The van der Waals surface area contributed by atoms with Crippen LogP contribution in [-0.2, 0) is 9.59 Å². The molecule has 6 nitrogen and oxygen atoms in total. The van der Waals surface area contributed by atoms with Crippen molar-refractivity contribution in [2.45, 2.75) is 70.3 Å². The Balaban J connectivity index is 1.47. The van der Waals surface area contributed by atoms with Crippen LogP contribution in [0.1, 0.15) is 64.2 Å². The molecule has 3 aliphatic carbocycles. The highest BCUT2D eigenvalue weighted by Crippen LogP contribution is 2.40. The minimum atomic E-state index is -0.741. The van der Waals surface area contributed by atoms with E-state index in [-0.39, 0.29) is 36.0 Å². The normalized spacial score (nSPS) is 34.3. The molecule has 3 unspecified atom stereocenters. The lowest BCUT2D eigenvalue weighted by Crippen LogP contribution is -2.44. The van der Waals surface area contributed by atoms with E-state index in [1.54, 1.807) is 0 Å². The van der Waals surface area contributed by atoms with Gasteiger partial charge in [0.05, 0.1) is 12.3 Å². The predicted octanol–water partition coefficient (Wildman–Crippen LogP) is 2.82. The third-order valence-electron chi connectivity index (χ3n) is 6.59. The molecule has 3 atom stereocenters. The van der Waals surface area contributed by atoms with Crippen molar-refractivity contribution in [3.63, 3.8) is 0 Å². The molecule has 0 heterocycles. The lowest BCUT2D eigenvalue weighted by Gasteiger charge is -2.39. The number of aliphatic carboxylic acids is 1. The number of amides is 1. The van der Waals surface area contributed by atoms with Gasteiger partial charge in [0.2, 0.25) is 5.91 Å². The summed E-state index contributed by atoms with van der Waals surface area (Å²) in [7, 11) is 0. The minimum Gasteiger partial charge on any atom is -0.481 e. The van der Waals surface area contributed by atoms with Gasteiger partial charge in [-0.3, -0.25) is 15.0 Å². The van der Waals surface area contributed by atoms with Crippen LogP contribution >= 0.6 is 0 Å². The van der Waals surface area contributed by atoms with E-state index in [9.17, 15) is 9.59 Å². The second-order valence-electron chi connectivity index (χ2n) is 8.38. The van der Waals surface area contributed by atoms with Gasteiger partial charge in [-0.25, -0.2) is 0 Å². The van der Waals surface area contributed by atoms with Crippen LogP contribution in [0.25, 0.3) is 0 Å². The molecular weight excluding hydrogens is 330 g/mol. The fourth-order valence-electron chi connectivity index (χ4n) is 5.05. The highest BCUT2D eigenvalue weighted by molar-refractivity contribution is 5.81. The van der Waals surface area contributed by atoms with Gasteiger partial charge in [-0.1, -0.05) is 11.6 Å². The monoisotopic (exact) mass is 361 g/mol. The number of fused-ring (bicyclic) bond motifs is 1. The molecule has 0 aliphatic heterocycles. The summed E-state index contributed by atoms with van der Waals surface area (Å²) in [6.45, 7) is 0. The van der Waals surface area contributed by atoms with Crippen LogP contribution in [0.5, 0.6) is 0 Å². The van der Waals surface area contributed by atoms with E-state index in [2.05, 4.69) is 11.4 Å². The molecule has 0 aromatic carbocycles. The SMILES string of the molecule is N=C(N)C1CCC(C(=O)NC2CCC3C=C(CC(=O)O)CCC3C2)CC1. The Labute approximate surface area is 155 Å². The number of allylic oxidation sites excluding steroid dienone is 1. The number of carbonyl (C=O) groups is 2. The summed E-state index contributed by atoms with van der Waals surface area (Å²) >= 11 is 0. The Morgan fingerprint density at radius 3 is 2.46 bits per heavy atom. The fourth-order valence-corrected chi connectivity index (χ4v) is 5.05. The molecule has 0 radical (unpaired) electrons. The minimum absolute atomic E-state index is 0.0664. The number of carboxylic acid groups (broad SMARTS) is 1. The molecule has 1 amide bonds. The number of carboxylic acids is 1. The van der Waals surface area contributed by atoms with Crippen LogP contribution in [0.2, 0.25) is 0 Å². The van der Waals surface area contributed by atoms with Gasteiger partial charge in [0.25, 0.3) is 0 Å². The molecule has 2 fully saturated rings. The molecule has 3 aliphatic rings. The standard InChI is InChI=1S/C20H31N3O3/c21-19(22)13-3-5-14(6-4-13)20(26)23-17-8-7-15-9-12(10-18(24)25)1-2-16(15)11-17/h9,13-17H,1-8,10-11H2,(H3,21,22)(H,23,26)(H,24,25). The van der Waals surface area contributed by atoms with Crippen LogP contribution < -0.4 is 11.1 Å². The maximum absolute atomic E-state index is 12.6. The molecular formula is C20H31N3O3. The van der Waals surface area contributed by atoms with Crippen molar-refractivity contribution in [1.82, 2.24) is 5.32 Å². The average Bonchev–Trinajstić information content (AvgIpc) is 2.61. The summed E-state index contributed by atoms with van der Waals surface area (Å²) in [5.74, 6) is 0.968. The van der Waals surface area contributed by atoms with E-state index < -0.39 is 5.97 Å². The lowest BCUT2D eigenvalue weighted by molar-refractivity contribution is -0.136. The summed E-state index contributed by atoms with van der Waals surface area (Å²) in [6.07, 6.45) is 10.7. The largest absolute Gasteiger partial charge is 0.481 e. The lowest BCUT2D eigenvalue weighted by atomic mass is 9.70. The fraction of sp³-hybridized carbons (Fsp3) is 0.750. The average molecular weight is 361 g/mol. The molecule has 0 aromatic heterocycles. The Bertz CT molecular complexity index is 593. The second-order valence-corrected chi connectivity index (χ2v) is 8.38. The number of amidine groups is 1. The zero-order chi connectivity index (χ0) is 18.7. The first kappa shape index (κ1) is 18.9. The first-order valence-electron chi connectivity index (χ1n) is 9.98. The molecule has 0 spiro atoms. The van der Waals surface area contributed by atoms with Gasteiger partial charge < -0.3 is 16.2 Å². The number of nitrogens with one attached hydrogen (secondary N) is 2. The topological polar surface area (TPSA) is 116 Å². The van der Waals surface area contributed by atoms with E-state index in [1.807, 2.05) is 0 Å². The van der Waals surface area contributed by atoms with E-state index >= 15 is 0 Å².